The van der Waals surface area contributed by atoms with E-state index in [0.29, 0.717) is 33.5 Å². The third-order valence-corrected chi connectivity index (χ3v) is 10.0. The van der Waals surface area contributed by atoms with Crippen LogP contribution in [-0.2, 0) is 15.1 Å². The molecule has 3 atom stereocenters. The van der Waals surface area contributed by atoms with Crippen molar-refractivity contribution in [2.24, 2.45) is 4.36 Å². The predicted molar refractivity (Wildman–Crippen MR) is 149 cm³/mol. The number of aromatic nitrogens is 4. The van der Waals surface area contributed by atoms with Crippen molar-refractivity contribution < 1.29 is 21.8 Å². The number of hydrogen-bond donors (Lipinski definition) is 0. The molecule has 216 valence electrons. The number of rotatable bonds is 6. The van der Waals surface area contributed by atoms with E-state index in [1.54, 1.807) is 19.9 Å². The molecule has 0 spiro atoms. The zero-order valence-electron chi connectivity index (χ0n) is 22.8. The van der Waals surface area contributed by atoms with E-state index in [9.17, 15) is 17.8 Å². The highest BCUT2D eigenvalue weighted by atomic mass is 35.5. The van der Waals surface area contributed by atoms with Crippen LogP contribution < -0.4 is 5.56 Å². The maximum atomic E-state index is 16.2. The second kappa shape index (κ2) is 10.1. The third kappa shape index (κ3) is 4.66. The molecule has 1 aliphatic carbocycles. The summed E-state index contributed by atoms with van der Waals surface area (Å²) < 4.78 is 76.0. The summed E-state index contributed by atoms with van der Waals surface area (Å²) in [5.74, 6) is -2.12. The molecule has 0 saturated heterocycles. The Morgan fingerprint density at radius 1 is 1.20 bits per heavy atom. The molecule has 3 heterocycles. The summed E-state index contributed by atoms with van der Waals surface area (Å²) in [5.41, 5.74) is -0.212. The Labute approximate surface area is 239 Å². The van der Waals surface area contributed by atoms with Crippen molar-refractivity contribution in [1.82, 2.24) is 19.3 Å². The molecule has 5 rings (SSSR count). The van der Waals surface area contributed by atoms with E-state index < -0.39 is 38.9 Å². The lowest BCUT2D eigenvalue weighted by Gasteiger charge is -2.19. The number of aryl methyl sites for hydroxylation is 2. The van der Waals surface area contributed by atoms with Crippen LogP contribution in [0.15, 0.2) is 56.9 Å². The number of benzene rings is 1. The molecule has 1 fully saturated rings. The summed E-state index contributed by atoms with van der Waals surface area (Å²) in [6.45, 7) is 2.28. The van der Waals surface area contributed by atoms with Crippen molar-refractivity contribution >= 4 is 21.3 Å². The maximum Gasteiger partial charge on any atom is 0.333 e. The highest BCUT2D eigenvalue weighted by Crippen LogP contribution is 2.61. The van der Waals surface area contributed by atoms with Crippen LogP contribution in [0.4, 0.5) is 17.6 Å². The molecule has 13 heteroatoms. The van der Waals surface area contributed by atoms with Gasteiger partial charge in [-0.1, -0.05) is 24.6 Å². The number of halogens is 5. The van der Waals surface area contributed by atoms with Gasteiger partial charge in [-0.25, -0.2) is 22.0 Å². The Morgan fingerprint density at radius 2 is 1.90 bits per heavy atom. The van der Waals surface area contributed by atoms with Crippen LogP contribution >= 0.6 is 11.6 Å². The monoisotopic (exact) mass is 607 g/mol. The van der Waals surface area contributed by atoms with Gasteiger partial charge in [-0.2, -0.15) is 13.9 Å². The first-order chi connectivity index (χ1) is 19.2. The molecule has 1 aromatic carbocycles. The van der Waals surface area contributed by atoms with Crippen molar-refractivity contribution in [3.8, 4) is 16.9 Å². The third-order valence-electron chi connectivity index (χ3n) is 7.81. The lowest BCUT2D eigenvalue weighted by atomic mass is 9.95. The van der Waals surface area contributed by atoms with Gasteiger partial charge in [0.2, 0.25) is 0 Å². The lowest BCUT2D eigenvalue weighted by molar-refractivity contribution is 0.0565. The van der Waals surface area contributed by atoms with Crippen LogP contribution in [0.5, 0.6) is 0 Å². The largest absolute Gasteiger partial charge is 0.333 e. The van der Waals surface area contributed by atoms with Gasteiger partial charge in [0.1, 0.15) is 16.5 Å². The fourth-order valence-electron chi connectivity index (χ4n) is 5.25. The molecule has 0 bridgehead atoms. The molecule has 4 aromatic rings. The van der Waals surface area contributed by atoms with Crippen LogP contribution in [0, 0.1) is 25.5 Å². The van der Waals surface area contributed by atoms with Gasteiger partial charge >= 0.3 is 6.55 Å². The average Bonchev–Trinajstić information content (AvgIpc) is 3.35. The van der Waals surface area contributed by atoms with Gasteiger partial charge in [0.05, 0.1) is 26.5 Å². The van der Waals surface area contributed by atoms with Crippen LogP contribution in [0.3, 0.4) is 0 Å². The van der Waals surface area contributed by atoms with Crippen LogP contribution in [0.2, 0.25) is 5.02 Å². The Bertz CT molecular complexity index is 1900. The van der Waals surface area contributed by atoms with E-state index in [1.807, 2.05) is 6.92 Å². The van der Waals surface area contributed by atoms with Crippen LogP contribution in [-0.4, -0.2) is 36.8 Å². The zero-order chi connectivity index (χ0) is 30.0. The topological polar surface area (TPSA) is 82.1 Å². The molecule has 1 saturated carbocycles. The van der Waals surface area contributed by atoms with Crippen LogP contribution in [0.1, 0.15) is 48.2 Å². The smallest absolute Gasteiger partial charge is 0.277 e. The van der Waals surface area contributed by atoms with E-state index in [1.165, 1.54) is 50.1 Å². The van der Waals surface area contributed by atoms with Gasteiger partial charge in [0, 0.05) is 42.4 Å². The lowest BCUT2D eigenvalue weighted by Crippen LogP contribution is -2.25. The maximum absolute atomic E-state index is 16.2. The summed E-state index contributed by atoms with van der Waals surface area (Å²) in [7, 11) is -1.76. The summed E-state index contributed by atoms with van der Waals surface area (Å²) in [4.78, 5) is 17.5. The molecule has 41 heavy (non-hydrogen) atoms. The minimum absolute atomic E-state index is 0.133. The molecule has 1 aliphatic rings. The summed E-state index contributed by atoms with van der Waals surface area (Å²) in [6, 6.07) is 5.73. The predicted octanol–water partition coefficient (Wildman–Crippen LogP) is 6.57. The zero-order valence-corrected chi connectivity index (χ0v) is 24.3. The van der Waals surface area contributed by atoms with Crippen molar-refractivity contribution in [3.63, 3.8) is 0 Å². The highest BCUT2D eigenvalue weighted by Gasteiger charge is 2.54. The molecule has 7 nitrogen and oxygen atoms in total. The average molecular weight is 608 g/mol. The molecule has 0 aliphatic heterocycles. The fraction of sp³-hybridized carbons (Fsp3) is 0.321. The first kappa shape index (κ1) is 29.0. The van der Waals surface area contributed by atoms with Gasteiger partial charge in [-0.3, -0.25) is 14.3 Å². The second-order valence-electron chi connectivity index (χ2n) is 10.4. The Hall–Kier alpha value is -3.51. The van der Waals surface area contributed by atoms with E-state index >= 15 is 8.78 Å². The quantitative estimate of drug-likeness (QED) is 0.232. The number of pyridine rings is 2. The van der Waals surface area contributed by atoms with Gasteiger partial charge in [0.25, 0.3) is 5.56 Å². The van der Waals surface area contributed by atoms with E-state index in [-0.39, 0.29) is 32.8 Å². The minimum Gasteiger partial charge on any atom is -0.277 e. The Kier molecular flexibility index (Phi) is 7.14. The minimum atomic E-state index is -3.07. The normalized spacial score (nSPS) is 19.8. The van der Waals surface area contributed by atoms with Crippen molar-refractivity contribution in [2.75, 3.05) is 13.3 Å². The van der Waals surface area contributed by atoms with Crippen LogP contribution in [0.25, 0.3) is 16.9 Å². The summed E-state index contributed by atoms with van der Waals surface area (Å²) in [6.07, 6.45) is 5.81. The van der Waals surface area contributed by atoms with E-state index in [0.717, 1.165) is 4.57 Å². The number of hydrogen-bond acceptors (Lipinski definition) is 5. The molecule has 0 amide bonds. The molecule has 0 N–H and O–H groups in total. The fourth-order valence-corrected chi connectivity index (χ4v) is 6.50. The standard InChI is InChI=1S/C28H26ClF4N5O2S/c1-14-11-35-24(17-7-6-8-20(22(17)30)41(5,40)34-4)23(31)25(14)38-15(2)9-18(21(29)26(38)39)19-10-28(19,3)16-12-36-37(13-16)27(32)33/h6-9,11-13,19,27H,10H2,1-5H3/t19-,28+,41?/m0/s1. The molecular weight excluding hydrogens is 582 g/mol. The molecule has 0 radical (unpaired) electrons. The summed E-state index contributed by atoms with van der Waals surface area (Å²) in [5, 5.41) is 3.58. The van der Waals surface area contributed by atoms with Gasteiger partial charge in [0.15, 0.2) is 5.82 Å². The number of nitrogens with zero attached hydrogens (tertiary/aromatic N) is 5. The molecular formula is C28H26ClF4N5O2S. The first-order valence-electron chi connectivity index (χ1n) is 12.5. The van der Waals surface area contributed by atoms with Crippen molar-refractivity contribution in [1.29, 1.82) is 0 Å². The second-order valence-corrected chi connectivity index (χ2v) is 13.2. The van der Waals surface area contributed by atoms with E-state index in [4.69, 9.17) is 11.6 Å². The first-order valence-corrected chi connectivity index (χ1v) is 14.8. The number of alkyl halides is 2. The highest BCUT2D eigenvalue weighted by molar-refractivity contribution is 7.93. The summed E-state index contributed by atoms with van der Waals surface area (Å²) >= 11 is 6.58. The Balaban J connectivity index is 1.61. The van der Waals surface area contributed by atoms with E-state index in [2.05, 4.69) is 14.4 Å². The van der Waals surface area contributed by atoms with Crippen molar-refractivity contribution in [2.45, 2.75) is 50.0 Å². The van der Waals surface area contributed by atoms with Crippen molar-refractivity contribution in [3.05, 3.63) is 92.3 Å². The Morgan fingerprint density at radius 3 is 2.54 bits per heavy atom. The van der Waals surface area contributed by atoms with Gasteiger partial charge < -0.3 is 0 Å². The molecule has 1 unspecified atom stereocenters. The van der Waals surface area contributed by atoms with Gasteiger partial charge in [-0.15, -0.1) is 0 Å². The van der Waals surface area contributed by atoms with Gasteiger partial charge in [-0.05, 0) is 61.1 Å². The SMILES string of the molecule is CN=S(C)(=O)c1cccc(-c2ncc(C)c(-n3c(C)cc([C@@H]4C[C@]4(C)c4cnn(C(F)F)c4)c(Cl)c3=O)c2F)c1F. The molecule has 3 aromatic heterocycles.